The van der Waals surface area contributed by atoms with E-state index in [1.54, 1.807) is 0 Å². The Morgan fingerprint density at radius 2 is 1.86 bits per heavy atom. The number of amides is 1. The lowest BCUT2D eigenvalue weighted by atomic mass is 10.0. The number of rotatable bonds is 3. The van der Waals surface area contributed by atoms with Crippen LogP contribution in [0.4, 0.5) is 0 Å². The first-order valence-electron chi connectivity index (χ1n) is 10.1. The Morgan fingerprint density at radius 1 is 1.11 bits per heavy atom. The lowest BCUT2D eigenvalue weighted by Crippen LogP contribution is -2.51. The van der Waals surface area contributed by atoms with Gasteiger partial charge >= 0.3 is 0 Å². The van der Waals surface area contributed by atoms with Gasteiger partial charge in [0.1, 0.15) is 11.0 Å². The molecule has 1 amide bonds. The fourth-order valence-electron chi connectivity index (χ4n) is 4.77. The summed E-state index contributed by atoms with van der Waals surface area (Å²) < 4.78 is 0. The molecule has 144 valence electrons. The summed E-state index contributed by atoms with van der Waals surface area (Å²) in [5.74, 6) is 0.0615. The summed E-state index contributed by atoms with van der Waals surface area (Å²) in [6.45, 7) is 2.08. The number of likely N-dealkylation sites (N-methyl/N-ethyl adjacent to an activating group) is 1. The van der Waals surface area contributed by atoms with Crippen LogP contribution in [0, 0.1) is 0 Å². The van der Waals surface area contributed by atoms with Crippen molar-refractivity contribution in [2.45, 2.75) is 37.8 Å². The maximum Gasteiger partial charge on any atom is 0.253 e. The summed E-state index contributed by atoms with van der Waals surface area (Å²) in [6, 6.07) is 15.1. The predicted octanol–water partition coefficient (Wildman–Crippen LogP) is 2.66. The molecule has 1 saturated heterocycles. The molecule has 1 atom stereocenters. The quantitative estimate of drug-likeness (QED) is 0.764. The lowest BCUT2D eigenvalue weighted by Gasteiger charge is -2.40. The van der Waals surface area contributed by atoms with Crippen LogP contribution in [0.5, 0.6) is 0 Å². The van der Waals surface area contributed by atoms with Gasteiger partial charge in [-0.3, -0.25) is 9.69 Å². The van der Waals surface area contributed by atoms with Crippen LogP contribution in [0.25, 0.3) is 11.0 Å². The van der Waals surface area contributed by atoms with Crippen molar-refractivity contribution in [1.82, 2.24) is 25.2 Å². The molecule has 1 unspecified atom stereocenters. The van der Waals surface area contributed by atoms with E-state index in [2.05, 4.69) is 44.6 Å². The Morgan fingerprint density at radius 3 is 2.64 bits per heavy atom. The molecule has 2 aliphatic rings. The van der Waals surface area contributed by atoms with Crippen molar-refractivity contribution >= 4 is 16.9 Å². The highest BCUT2D eigenvalue weighted by molar-refractivity contribution is 5.97. The van der Waals surface area contributed by atoms with Crippen molar-refractivity contribution < 1.29 is 4.79 Å². The van der Waals surface area contributed by atoms with Gasteiger partial charge < -0.3 is 4.90 Å². The number of carbonyl (C=O) groups excluding carboxylic acids is 1. The highest BCUT2D eigenvalue weighted by Gasteiger charge is 2.33. The van der Waals surface area contributed by atoms with Crippen molar-refractivity contribution in [2.24, 2.45) is 0 Å². The number of aromatic amines is 1. The molecule has 2 heterocycles. The normalized spacial score (nSPS) is 20.4. The number of nitrogens with one attached hydrogen (secondary N) is 1. The van der Waals surface area contributed by atoms with E-state index < -0.39 is 0 Å². The molecule has 0 saturated carbocycles. The van der Waals surface area contributed by atoms with Crippen LogP contribution < -0.4 is 0 Å². The summed E-state index contributed by atoms with van der Waals surface area (Å²) in [5.41, 5.74) is 5.16. The second kappa shape index (κ2) is 7.02. The number of H-pyrrole nitrogens is 1. The number of hydrogen-bond acceptors (Lipinski definition) is 4. The Labute approximate surface area is 164 Å². The molecule has 1 fully saturated rings. The monoisotopic (exact) mass is 375 g/mol. The summed E-state index contributed by atoms with van der Waals surface area (Å²) in [6.07, 6.45) is 4.45. The summed E-state index contributed by atoms with van der Waals surface area (Å²) in [4.78, 5) is 17.6. The van der Waals surface area contributed by atoms with Crippen molar-refractivity contribution in [3.05, 3.63) is 59.2 Å². The summed E-state index contributed by atoms with van der Waals surface area (Å²) >= 11 is 0. The van der Waals surface area contributed by atoms with Gasteiger partial charge in [-0.15, -0.1) is 0 Å². The number of nitrogens with zero attached hydrogens (tertiary/aromatic N) is 4. The maximum absolute atomic E-state index is 13.1. The first kappa shape index (κ1) is 17.4. The van der Waals surface area contributed by atoms with E-state index in [1.807, 2.05) is 30.1 Å². The number of carbonyl (C=O) groups is 1. The molecule has 6 heteroatoms. The second-order valence-corrected chi connectivity index (χ2v) is 8.06. The largest absolute Gasteiger partial charge is 0.337 e. The van der Waals surface area contributed by atoms with E-state index in [0.29, 0.717) is 11.6 Å². The molecule has 1 aromatic heterocycles. The molecule has 1 aliphatic heterocycles. The highest BCUT2D eigenvalue weighted by Crippen LogP contribution is 2.28. The van der Waals surface area contributed by atoms with Gasteiger partial charge in [-0.1, -0.05) is 24.3 Å². The van der Waals surface area contributed by atoms with Gasteiger partial charge in [0.2, 0.25) is 0 Å². The lowest BCUT2D eigenvalue weighted by molar-refractivity contribution is 0.0555. The molecule has 3 aromatic rings. The number of likely N-dealkylation sites (tertiary alicyclic amines) is 1. The van der Waals surface area contributed by atoms with Gasteiger partial charge in [0.25, 0.3) is 5.91 Å². The first-order chi connectivity index (χ1) is 13.7. The van der Waals surface area contributed by atoms with Gasteiger partial charge in [-0.05, 0) is 61.6 Å². The maximum atomic E-state index is 13.1. The molecule has 0 radical (unpaired) electrons. The number of aromatic nitrogens is 3. The molecular formula is C22H25N5O. The molecule has 28 heavy (non-hydrogen) atoms. The second-order valence-electron chi connectivity index (χ2n) is 8.06. The Hall–Kier alpha value is -2.73. The van der Waals surface area contributed by atoms with Crippen LogP contribution >= 0.6 is 0 Å². The summed E-state index contributed by atoms with van der Waals surface area (Å²) in [5, 5.41) is 10.8. The van der Waals surface area contributed by atoms with Crippen molar-refractivity contribution in [3.63, 3.8) is 0 Å². The third-order valence-electron chi connectivity index (χ3n) is 6.41. The topological polar surface area (TPSA) is 65.1 Å². The molecule has 5 rings (SSSR count). The predicted molar refractivity (Wildman–Crippen MR) is 108 cm³/mol. The third kappa shape index (κ3) is 3.07. The fraction of sp³-hybridized carbons (Fsp3) is 0.409. The van der Waals surface area contributed by atoms with Crippen LogP contribution in [-0.2, 0) is 12.8 Å². The van der Waals surface area contributed by atoms with Crippen LogP contribution in [0.15, 0.2) is 42.5 Å². The fourth-order valence-corrected chi connectivity index (χ4v) is 4.77. The van der Waals surface area contributed by atoms with Crippen LogP contribution in [0.1, 0.15) is 34.3 Å². The van der Waals surface area contributed by atoms with Crippen molar-refractivity contribution in [2.75, 3.05) is 20.1 Å². The zero-order valence-electron chi connectivity index (χ0n) is 16.1. The van der Waals surface area contributed by atoms with Crippen molar-refractivity contribution in [1.29, 1.82) is 0 Å². The standard InChI is InChI=1S/C22H25N5O/c1-26(22(28)17-8-9-20-21(13-17)24-25-23-20)18-7-4-10-27(14-18)19-11-15-5-2-3-6-16(15)12-19/h2-3,5-6,8-9,13,18-19H,4,7,10-12,14H2,1H3,(H,23,24,25). The van der Waals surface area contributed by atoms with E-state index in [-0.39, 0.29) is 11.9 Å². The average Bonchev–Trinajstić information content (AvgIpc) is 3.39. The highest BCUT2D eigenvalue weighted by atomic mass is 16.2. The van der Waals surface area contributed by atoms with Gasteiger partial charge in [0.15, 0.2) is 0 Å². The molecule has 1 aliphatic carbocycles. The minimum Gasteiger partial charge on any atom is -0.337 e. The number of piperidine rings is 1. The Bertz CT molecular complexity index is 988. The van der Waals surface area contributed by atoms with E-state index in [4.69, 9.17) is 0 Å². The number of benzene rings is 2. The molecule has 0 spiro atoms. The third-order valence-corrected chi connectivity index (χ3v) is 6.41. The molecule has 1 N–H and O–H groups in total. The van der Waals surface area contributed by atoms with Crippen LogP contribution in [0.2, 0.25) is 0 Å². The minimum absolute atomic E-state index is 0.0615. The summed E-state index contributed by atoms with van der Waals surface area (Å²) in [7, 11) is 1.94. The molecule has 6 nitrogen and oxygen atoms in total. The van der Waals surface area contributed by atoms with E-state index in [0.717, 1.165) is 49.8 Å². The van der Waals surface area contributed by atoms with Gasteiger partial charge in [0, 0.05) is 31.2 Å². The zero-order chi connectivity index (χ0) is 19.1. The van der Waals surface area contributed by atoms with Crippen LogP contribution in [-0.4, -0.2) is 63.3 Å². The smallest absolute Gasteiger partial charge is 0.253 e. The van der Waals surface area contributed by atoms with Crippen LogP contribution in [0.3, 0.4) is 0 Å². The average molecular weight is 375 g/mol. The van der Waals surface area contributed by atoms with E-state index in [9.17, 15) is 4.79 Å². The molecular weight excluding hydrogens is 350 g/mol. The Balaban J connectivity index is 1.28. The van der Waals surface area contributed by atoms with Gasteiger partial charge in [0.05, 0.1) is 0 Å². The SMILES string of the molecule is CN(C(=O)c1ccc2n[nH]nc2c1)C1CCCN(C2Cc3ccccc3C2)C1. The number of fused-ring (bicyclic) bond motifs is 2. The zero-order valence-corrected chi connectivity index (χ0v) is 16.1. The van der Waals surface area contributed by atoms with Gasteiger partial charge in [-0.2, -0.15) is 15.4 Å². The Kier molecular flexibility index (Phi) is 4.36. The minimum atomic E-state index is 0.0615. The molecule has 2 aromatic carbocycles. The van der Waals surface area contributed by atoms with E-state index in [1.165, 1.54) is 11.1 Å². The number of hydrogen-bond donors (Lipinski definition) is 1. The van der Waals surface area contributed by atoms with Gasteiger partial charge in [-0.25, -0.2) is 0 Å². The first-order valence-corrected chi connectivity index (χ1v) is 10.1. The molecule has 0 bridgehead atoms. The van der Waals surface area contributed by atoms with E-state index >= 15 is 0 Å². The van der Waals surface area contributed by atoms with Crippen molar-refractivity contribution in [3.8, 4) is 0 Å².